The first-order valence-electron chi connectivity index (χ1n) is 8.30. The molecule has 21 heavy (non-hydrogen) atoms. The van der Waals surface area contributed by atoms with Crippen molar-refractivity contribution in [3.8, 4) is 0 Å². The predicted molar refractivity (Wildman–Crippen MR) is 76.9 cm³/mol. The Kier molecular flexibility index (Phi) is 4.91. The van der Waals surface area contributed by atoms with Crippen LogP contribution in [0.1, 0.15) is 44.9 Å². The molecule has 2 saturated heterocycles. The van der Waals surface area contributed by atoms with Gasteiger partial charge in [0.1, 0.15) is 5.78 Å². The van der Waals surface area contributed by atoms with E-state index in [0.29, 0.717) is 32.0 Å². The van der Waals surface area contributed by atoms with Crippen LogP contribution in [0.15, 0.2) is 0 Å². The Hall–Kier alpha value is -0.940. The second-order valence-electron chi connectivity index (χ2n) is 6.35. The van der Waals surface area contributed by atoms with Crippen LogP contribution in [0.5, 0.6) is 0 Å². The lowest BCUT2D eigenvalue weighted by Crippen LogP contribution is -2.55. The van der Waals surface area contributed by atoms with E-state index in [1.165, 1.54) is 0 Å². The molecular weight excluding hydrogens is 270 g/mol. The van der Waals surface area contributed by atoms with Crippen molar-refractivity contribution in [2.24, 2.45) is 5.92 Å². The fourth-order valence-electron chi connectivity index (χ4n) is 3.88. The lowest BCUT2D eigenvalue weighted by molar-refractivity contribution is -0.163. The largest absolute Gasteiger partial charge is 0.376 e. The molecule has 2 aliphatic heterocycles. The minimum atomic E-state index is -0.474. The summed E-state index contributed by atoms with van der Waals surface area (Å²) in [4.78, 5) is 26.9. The molecule has 3 rings (SSSR count). The molecule has 0 spiro atoms. The van der Waals surface area contributed by atoms with Crippen molar-refractivity contribution >= 4 is 11.7 Å². The fraction of sp³-hybridized carbons (Fsp3) is 0.875. The Labute approximate surface area is 126 Å². The van der Waals surface area contributed by atoms with E-state index in [4.69, 9.17) is 9.47 Å². The molecule has 118 valence electrons. The van der Waals surface area contributed by atoms with Crippen LogP contribution in [-0.4, -0.2) is 55.1 Å². The van der Waals surface area contributed by atoms with Crippen molar-refractivity contribution in [2.45, 2.75) is 57.1 Å². The van der Waals surface area contributed by atoms with Gasteiger partial charge in [0.15, 0.2) is 6.10 Å². The number of carbonyl (C=O) groups is 2. The highest BCUT2D eigenvalue weighted by Crippen LogP contribution is 2.32. The van der Waals surface area contributed by atoms with E-state index in [-0.39, 0.29) is 17.9 Å². The van der Waals surface area contributed by atoms with Gasteiger partial charge in [0.2, 0.25) is 0 Å². The van der Waals surface area contributed by atoms with Crippen molar-refractivity contribution in [1.29, 1.82) is 0 Å². The van der Waals surface area contributed by atoms with E-state index >= 15 is 0 Å². The van der Waals surface area contributed by atoms with Gasteiger partial charge in [-0.3, -0.25) is 9.59 Å². The van der Waals surface area contributed by atoms with E-state index in [1.54, 1.807) is 0 Å². The van der Waals surface area contributed by atoms with Crippen LogP contribution in [0.2, 0.25) is 0 Å². The van der Waals surface area contributed by atoms with Gasteiger partial charge in [-0.05, 0) is 32.1 Å². The highest BCUT2D eigenvalue weighted by molar-refractivity contribution is 5.85. The molecule has 3 atom stereocenters. The molecule has 2 heterocycles. The molecule has 0 aromatic rings. The molecule has 5 nitrogen and oxygen atoms in total. The van der Waals surface area contributed by atoms with Gasteiger partial charge in [0.05, 0.1) is 19.8 Å². The average Bonchev–Trinajstić information content (AvgIpc) is 2.55. The molecule has 1 aliphatic carbocycles. The van der Waals surface area contributed by atoms with E-state index in [0.717, 1.165) is 45.1 Å². The number of hydrogen-bond acceptors (Lipinski definition) is 4. The number of nitrogens with zero attached hydrogens (tertiary/aromatic N) is 1. The summed E-state index contributed by atoms with van der Waals surface area (Å²) in [5.41, 5.74) is 0. The first kappa shape index (κ1) is 15.0. The van der Waals surface area contributed by atoms with Gasteiger partial charge in [-0.2, -0.15) is 0 Å². The van der Waals surface area contributed by atoms with Crippen molar-refractivity contribution in [2.75, 3.05) is 26.4 Å². The van der Waals surface area contributed by atoms with E-state index in [1.807, 2.05) is 4.90 Å². The number of amides is 1. The lowest BCUT2D eigenvalue weighted by Gasteiger charge is -2.42. The third-order valence-electron chi connectivity index (χ3n) is 4.99. The van der Waals surface area contributed by atoms with E-state index in [9.17, 15) is 9.59 Å². The predicted octanol–water partition coefficient (Wildman–Crippen LogP) is 1.54. The number of carbonyl (C=O) groups excluding carboxylic acids is 2. The van der Waals surface area contributed by atoms with Gasteiger partial charge in [-0.15, -0.1) is 0 Å². The third kappa shape index (κ3) is 3.29. The maximum absolute atomic E-state index is 12.7. The lowest BCUT2D eigenvalue weighted by atomic mass is 9.79. The van der Waals surface area contributed by atoms with Crippen molar-refractivity contribution in [3.63, 3.8) is 0 Å². The Bertz CT molecular complexity index is 392. The molecule has 0 N–H and O–H groups in total. The molecule has 5 heteroatoms. The van der Waals surface area contributed by atoms with Gasteiger partial charge in [-0.25, -0.2) is 0 Å². The molecule has 0 bridgehead atoms. The van der Waals surface area contributed by atoms with Crippen molar-refractivity contribution < 1.29 is 19.1 Å². The molecule has 3 fully saturated rings. The standard InChI is InChI=1S/C16H25NO4/c18-14-7-2-1-5-12(14)13-6-3-4-8-17(13)16(19)15-11-20-9-10-21-15/h12-13,15H,1-11H2. The Balaban J connectivity index is 1.71. The van der Waals surface area contributed by atoms with Crippen molar-refractivity contribution in [1.82, 2.24) is 4.90 Å². The van der Waals surface area contributed by atoms with Gasteiger partial charge in [-0.1, -0.05) is 6.42 Å². The summed E-state index contributed by atoms with van der Waals surface area (Å²) in [7, 11) is 0. The summed E-state index contributed by atoms with van der Waals surface area (Å²) in [5.74, 6) is 0.428. The summed E-state index contributed by atoms with van der Waals surface area (Å²) in [6.07, 6.45) is 6.36. The number of rotatable bonds is 2. The van der Waals surface area contributed by atoms with Crippen LogP contribution in [0.25, 0.3) is 0 Å². The minimum absolute atomic E-state index is 0.0257. The quantitative estimate of drug-likeness (QED) is 0.775. The van der Waals surface area contributed by atoms with Crippen LogP contribution in [0.3, 0.4) is 0 Å². The normalized spacial score (nSPS) is 34.8. The Morgan fingerprint density at radius 1 is 1.10 bits per heavy atom. The van der Waals surface area contributed by atoms with Gasteiger partial charge in [0, 0.05) is 24.9 Å². The number of hydrogen-bond donors (Lipinski definition) is 0. The summed E-state index contributed by atoms with van der Waals surface area (Å²) >= 11 is 0. The Morgan fingerprint density at radius 3 is 2.71 bits per heavy atom. The average molecular weight is 295 g/mol. The Morgan fingerprint density at radius 2 is 1.95 bits per heavy atom. The molecule has 0 aromatic heterocycles. The first-order valence-corrected chi connectivity index (χ1v) is 8.30. The molecule has 0 radical (unpaired) electrons. The van der Waals surface area contributed by atoms with E-state index < -0.39 is 6.10 Å². The van der Waals surface area contributed by atoms with Crippen LogP contribution in [0.4, 0.5) is 0 Å². The maximum atomic E-state index is 12.7. The summed E-state index contributed by atoms with van der Waals surface area (Å²) in [6, 6.07) is 0.0876. The van der Waals surface area contributed by atoms with Gasteiger partial charge < -0.3 is 14.4 Å². The van der Waals surface area contributed by atoms with E-state index in [2.05, 4.69) is 0 Å². The monoisotopic (exact) mass is 295 g/mol. The minimum Gasteiger partial charge on any atom is -0.376 e. The highest BCUT2D eigenvalue weighted by atomic mass is 16.6. The highest BCUT2D eigenvalue weighted by Gasteiger charge is 2.40. The van der Waals surface area contributed by atoms with Crippen LogP contribution in [0, 0.1) is 5.92 Å². The molecule has 0 aromatic carbocycles. The number of ketones is 1. The van der Waals surface area contributed by atoms with Crippen LogP contribution < -0.4 is 0 Å². The molecule has 1 amide bonds. The zero-order valence-corrected chi connectivity index (χ0v) is 12.6. The van der Waals surface area contributed by atoms with Crippen LogP contribution in [-0.2, 0) is 19.1 Å². The summed E-state index contributed by atoms with van der Waals surface area (Å²) < 4.78 is 10.9. The number of Topliss-reactive ketones (excluding diaryl/α,β-unsaturated/α-hetero) is 1. The van der Waals surface area contributed by atoms with Gasteiger partial charge in [0.25, 0.3) is 5.91 Å². The van der Waals surface area contributed by atoms with Gasteiger partial charge >= 0.3 is 0 Å². The number of piperidine rings is 1. The second-order valence-corrected chi connectivity index (χ2v) is 6.35. The molecular formula is C16H25NO4. The van der Waals surface area contributed by atoms with Crippen molar-refractivity contribution in [3.05, 3.63) is 0 Å². The second kappa shape index (κ2) is 6.88. The topological polar surface area (TPSA) is 55.8 Å². The smallest absolute Gasteiger partial charge is 0.254 e. The van der Waals surface area contributed by atoms with Crippen LogP contribution >= 0.6 is 0 Å². The summed E-state index contributed by atoms with van der Waals surface area (Å²) in [5, 5.41) is 0. The molecule has 3 unspecified atom stereocenters. The third-order valence-corrected chi connectivity index (χ3v) is 4.99. The molecule has 3 aliphatic rings. The SMILES string of the molecule is O=C1CCCCC1C1CCCCN1C(=O)C1COCCO1. The fourth-order valence-corrected chi connectivity index (χ4v) is 3.88. The number of likely N-dealkylation sites (tertiary alicyclic amines) is 1. The number of ether oxygens (including phenoxy) is 2. The summed E-state index contributed by atoms with van der Waals surface area (Å²) in [6.45, 7) is 2.15. The first-order chi connectivity index (χ1) is 10.3. The molecule has 1 saturated carbocycles. The zero-order chi connectivity index (χ0) is 14.7. The zero-order valence-electron chi connectivity index (χ0n) is 12.6. The maximum Gasteiger partial charge on any atom is 0.254 e.